The lowest BCUT2D eigenvalue weighted by Gasteiger charge is -2.26. The fourth-order valence-corrected chi connectivity index (χ4v) is 2.50. The molecule has 1 saturated heterocycles. The van der Waals surface area contributed by atoms with Gasteiger partial charge in [-0.05, 0) is 26.0 Å². The van der Waals surface area contributed by atoms with Crippen molar-refractivity contribution in [2.45, 2.75) is 0 Å². The molecule has 0 N–H and O–H groups in total. The molecule has 1 nitrogen and oxygen atoms in total. The van der Waals surface area contributed by atoms with Crippen LogP contribution in [0.2, 0.25) is 0 Å². The van der Waals surface area contributed by atoms with Crippen LogP contribution in [0.1, 0.15) is 0 Å². The highest BCUT2D eigenvalue weighted by Gasteiger charge is 2.10. The topological polar surface area (TPSA) is 3.24 Å². The second-order valence-corrected chi connectivity index (χ2v) is 5.21. The van der Waals surface area contributed by atoms with Crippen molar-refractivity contribution in [3.05, 3.63) is 0 Å². The predicted octanol–water partition coefficient (Wildman–Crippen LogP) is 1.04. The van der Waals surface area contributed by atoms with Crippen molar-refractivity contribution in [1.29, 1.82) is 0 Å². The predicted molar refractivity (Wildman–Crippen MR) is 40.1 cm³/mol. The van der Waals surface area contributed by atoms with Gasteiger partial charge in [0.05, 0.1) is 0 Å². The molecule has 1 aliphatic heterocycles. The summed E-state index contributed by atoms with van der Waals surface area (Å²) in [7, 11) is 2.65. The highest BCUT2D eigenvalue weighted by molar-refractivity contribution is 7.56. The van der Waals surface area contributed by atoms with E-state index in [1.807, 2.05) is 0 Å². The van der Waals surface area contributed by atoms with Crippen LogP contribution in [-0.2, 0) is 0 Å². The fraction of sp³-hybridized carbons (Fsp3) is 1.00. The minimum absolute atomic E-state index is 0.440. The first kappa shape index (κ1) is 6.51. The smallest absolute Gasteiger partial charge is 0.00177 e. The summed E-state index contributed by atoms with van der Waals surface area (Å²) in [4.78, 5) is 2.42. The molecule has 8 heavy (non-hydrogen) atoms. The molecule has 0 aromatic heterocycles. The Morgan fingerprint density at radius 3 is 2.12 bits per heavy atom. The summed E-state index contributed by atoms with van der Waals surface area (Å²) in [5, 5.41) is 0. The zero-order valence-electron chi connectivity index (χ0n) is 5.72. The van der Waals surface area contributed by atoms with Gasteiger partial charge in [0.25, 0.3) is 0 Å². The maximum atomic E-state index is 2.42. The van der Waals surface area contributed by atoms with Crippen LogP contribution in [0.3, 0.4) is 0 Å². The average Bonchev–Trinajstić information content (AvgIpc) is 1.77. The molecule has 0 bridgehead atoms. The second kappa shape index (κ2) is 2.80. The Morgan fingerprint density at radius 2 is 1.75 bits per heavy atom. The molecule has 0 aliphatic carbocycles. The SMILES string of the molecule is CN1CCP(C)CC1. The summed E-state index contributed by atoms with van der Waals surface area (Å²) in [6, 6.07) is 0. The molecule has 0 radical (unpaired) electrons. The lowest BCUT2D eigenvalue weighted by molar-refractivity contribution is 0.368. The van der Waals surface area contributed by atoms with Gasteiger partial charge >= 0.3 is 0 Å². The maximum Gasteiger partial charge on any atom is 0.00177 e. The van der Waals surface area contributed by atoms with Crippen molar-refractivity contribution in [2.75, 3.05) is 39.1 Å². The Balaban J connectivity index is 2.19. The van der Waals surface area contributed by atoms with E-state index in [2.05, 4.69) is 18.6 Å². The van der Waals surface area contributed by atoms with Gasteiger partial charge in [-0.2, -0.15) is 0 Å². The summed E-state index contributed by atoms with van der Waals surface area (Å²) < 4.78 is 0. The lowest BCUT2D eigenvalue weighted by atomic mass is 10.6. The zero-order chi connectivity index (χ0) is 5.98. The quantitative estimate of drug-likeness (QED) is 0.444. The molecule has 0 unspecified atom stereocenters. The minimum atomic E-state index is 0.440. The Morgan fingerprint density at radius 1 is 1.25 bits per heavy atom. The lowest BCUT2D eigenvalue weighted by Crippen LogP contribution is -2.29. The average molecular weight is 131 g/mol. The van der Waals surface area contributed by atoms with E-state index in [1.165, 1.54) is 25.4 Å². The van der Waals surface area contributed by atoms with Crippen molar-refractivity contribution in [3.63, 3.8) is 0 Å². The van der Waals surface area contributed by atoms with Crippen molar-refractivity contribution < 1.29 is 0 Å². The van der Waals surface area contributed by atoms with Crippen LogP contribution < -0.4 is 0 Å². The molecule has 1 heterocycles. The third-order valence-corrected chi connectivity index (χ3v) is 3.65. The van der Waals surface area contributed by atoms with Crippen LogP contribution in [0.5, 0.6) is 0 Å². The summed E-state index contributed by atoms with van der Waals surface area (Å²) in [6.07, 6.45) is 2.93. The summed E-state index contributed by atoms with van der Waals surface area (Å²) in [6.45, 7) is 5.08. The largest absolute Gasteiger partial charge is 0.306 e. The van der Waals surface area contributed by atoms with Gasteiger partial charge in [0.1, 0.15) is 0 Å². The molecular weight excluding hydrogens is 117 g/mol. The molecule has 1 aliphatic rings. The molecule has 1 rings (SSSR count). The van der Waals surface area contributed by atoms with Gasteiger partial charge in [0.15, 0.2) is 0 Å². The third-order valence-electron chi connectivity index (χ3n) is 1.73. The molecule has 48 valence electrons. The highest BCUT2D eigenvalue weighted by atomic mass is 31.1. The van der Waals surface area contributed by atoms with Crippen molar-refractivity contribution in [2.24, 2.45) is 0 Å². The van der Waals surface area contributed by atoms with E-state index in [-0.39, 0.29) is 0 Å². The van der Waals surface area contributed by atoms with Crippen molar-refractivity contribution in [1.82, 2.24) is 4.90 Å². The molecule has 1 fully saturated rings. The number of hydrogen-bond donors (Lipinski definition) is 0. The minimum Gasteiger partial charge on any atom is -0.306 e. The molecule has 0 atom stereocenters. The Labute approximate surface area is 52.8 Å². The van der Waals surface area contributed by atoms with Gasteiger partial charge in [0, 0.05) is 13.1 Å². The molecule has 0 saturated carbocycles. The van der Waals surface area contributed by atoms with Gasteiger partial charge in [-0.1, -0.05) is 0 Å². The van der Waals surface area contributed by atoms with Gasteiger partial charge in [-0.3, -0.25) is 0 Å². The first-order valence-corrected chi connectivity index (χ1v) is 5.32. The van der Waals surface area contributed by atoms with Crippen LogP contribution in [0.4, 0.5) is 0 Å². The Bertz CT molecular complexity index is 56.9. The van der Waals surface area contributed by atoms with Gasteiger partial charge in [-0.25, -0.2) is 0 Å². The fourth-order valence-electron chi connectivity index (χ4n) is 0.906. The van der Waals surface area contributed by atoms with E-state index in [0.717, 1.165) is 0 Å². The van der Waals surface area contributed by atoms with Gasteiger partial charge in [0.2, 0.25) is 0 Å². The van der Waals surface area contributed by atoms with Crippen molar-refractivity contribution >= 4 is 7.92 Å². The first-order chi connectivity index (χ1) is 3.79. The van der Waals surface area contributed by atoms with Gasteiger partial charge < -0.3 is 4.90 Å². The van der Waals surface area contributed by atoms with Crippen molar-refractivity contribution in [3.8, 4) is 0 Å². The third kappa shape index (κ3) is 1.72. The molecule has 0 aromatic rings. The normalized spacial score (nSPS) is 26.2. The second-order valence-electron chi connectivity index (χ2n) is 2.61. The summed E-state index contributed by atoms with van der Waals surface area (Å²) >= 11 is 0. The van der Waals surface area contributed by atoms with Crippen LogP contribution in [0, 0.1) is 0 Å². The molecule has 0 amide bonds. The molecule has 2 heteroatoms. The zero-order valence-corrected chi connectivity index (χ0v) is 6.62. The van der Waals surface area contributed by atoms with E-state index in [9.17, 15) is 0 Å². The number of hydrogen-bond acceptors (Lipinski definition) is 1. The van der Waals surface area contributed by atoms with E-state index in [1.54, 1.807) is 0 Å². The maximum absolute atomic E-state index is 2.42. The Kier molecular flexibility index (Phi) is 2.27. The van der Waals surface area contributed by atoms with E-state index >= 15 is 0 Å². The van der Waals surface area contributed by atoms with Crippen LogP contribution in [-0.4, -0.2) is 44.0 Å². The molecule has 0 aromatic carbocycles. The molecular formula is C6H14NP. The van der Waals surface area contributed by atoms with E-state index in [0.29, 0.717) is 7.92 Å². The number of nitrogens with zero attached hydrogens (tertiary/aromatic N) is 1. The van der Waals surface area contributed by atoms with E-state index in [4.69, 9.17) is 0 Å². The van der Waals surface area contributed by atoms with Gasteiger partial charge in [-0.15, -0.1) is 7.92 Å². The Hall–Kier alpha value is 0.390. The number of rotatable bonds is 0. The molecule has 0 spiro atoms. The van der Waals surface area contributed by atoms with Crippen LogP contribution in [0.25, 0.3) is 0 Å². The van der Waals surface area contributed by atoms with Crippen LogP contribution >= 0.6 is 7.92 Å². The highest BCUT2D eigenvalue weighted by Crippen LogP contribution is 2.32. The monoisotopic (exact) mass is 131 g/mol. The summed E-state index contributed by atoms with van der Waals surface area (Å²) in [5.41, 5.74) is 0. The summed E-state index contributed by atoms with van der Waals surface area (Å²) in [5.74, 6) is 0. The first-order valence-electron chi connectivity index (χ1n) is 3.16. The van der Waals surface area contributed by atoms with Crippen LogP contribution in [0.15, 0.2) is 0 Å². The standard InChI is InChI=1S/C6H14NP/c1-7-3-5-8(2)6-4-7/h3-6H2,1-2H3. The van der Waals surface area contributed by atoms with E-state index < -0.39 is 0 Å².